The van der Waals surface area contributed by atoms with Crippen molar-refractivity contribution in [3.63, 3.8) is 0 Å². The van der Waals surface area contributed by atoms with Gasteiger partial charge in [-0.1, -0.05) is 54.9 Å². The van der Waals surface area contributed by atoms with Crippen molar-refractivity contribution >= 4 is 5.78 Å². The predicted octanol–water partition coefficient (Wildman–Crippen LogP) is 7.22. The minimum absolute atomic E-state index is 0.0319. The molecule has 0 aromatic heterocycles. The van der Waals surface area contributed by atoms with Crippen LogP contribution in [0.15, 0.2) is 17.0 Å². The highest BCUT2D eigenvalue weighted by atomic mass is 16.5. The molecule has 0 aliphatic carbocycles. The molecule has 0 radical (unpaired) electrons. The Labute approximate surface area is 218 Å². The van der Waals surface area contributed by atoms with Crippen molar-refractivity contribution in [2.75, 3.05) is 33.4 Å². The predicted molar refractivity (Wildman–Crippen MR) is 150 cm³/mol. The quantitative estimate of drug-likeness (QED) is 0.163. The first-order valence-corrected chi connectivity index (χ1v) is 13.4. The first-order valence-electron chi connectivity index (χ1n) is 13.4. The van der Waals surface area contributed by atoms with Gasteiger partial charge in [-0.05, 0) is 59.8 Å². The van der Waals surface area contributed by atoms with E-state index in [1.807, 2.05) is 40.9 Å². The van der Waals surface area contributed by atoms with E-state index in [0.29, 0.717) is 43.5 Å². The summed E-state index contributed by atoms with van der Waals surface area (Å²) in [6.07, 6.45) is 4.91. The third kappa shape index (κ3) is 19.5. The molecule has 0 aliphatic heterocycles. The van der Waals surface area contributed by atoms with Crippen LogP contribution in [-0.4, -0.2) is 61.3 Å². The zero-order valence-corrected chi connectivity index (χ0v) is 25.7. The summed E-state index contributed by atoms with van der Waals surface area (Å²) in [6, 6.07) is 0.365. The molecule has 0 bridgehead atoms. The number of rotatable bonds is 17. The highest BCUT2D eigenvalue weighted by Gasteiger charge is 2.26. The van der Waals surface area contributed by atoms with Gasteiger partial charge in [-0.2, -0.15) is 5.11 Å². The lowest BCUT2D eigenvalue weighted by Crippen LogP contribution is -2.43. The van der Waals surface area contributed by atoms with Crippen LogP contribution in [0.2, 0.25) is 0 Å². The normalized spacial score (nSPS) is 13.1. The largest absolute Gasteiger partial charge is 0.376 e. The lowest BCUT2D eigenvalue weighted by Gasteiger charge is -2.32. The van der Waals surface area contributed by atoms with E-state index in [9.17, 15) is 4.79 Å². The van der Waals surface area contributed by atoms with Gasteiger partial charge < -0.3 is 19.7 Å². The Hall–Kier alpha value is -1.31. The van der Waals surface area contributed by atoms with Crippen molar-refractivity contribution in [3.05, 3.63) is 11.9 Å². The maximum absolute atomic E-state index is 11.5. The van der Waals surface area contributed by atoms with E-state index in [0.717, 1.165) is 19.3 Å². The first kappa shape index (κ1) is 38.2. The second-order valence-corrected chi connectivity index (χ2v) is 10.5. The molecule has 1 unspecified atom stereocenters. The number of ketones is 1. The Morgan fingerprint density at radius 2 is 1.63 bits per heavy atom. The molecule has 210 valence electrons. The lowest BCUT2D eigenvalue weighted by atomic mass is 9.83. The molecule has 1 atom stereocenters. The Bertz CT molecular complexity index is 587. The van der Waals surface area contributed by atoms with E-state index in [2.05, 4.69) is 56.9 Å². The minimum Gasteiger partial charge on any atom is -0.376 e. The van der Waals surface area contributed by atoms with E-state index in [-0.39, 0.29) is 11.3 Å². The fraction of sp³-hybridized carbons (Fsp3) is 0.893. The number of ether oxygens (including phenoxy) is 2. The van der Waals surface area contributed by atoms with E-state index >= 15 is 0 Å². The van der Waals surface area contributed by atoms with Gasteiger partial charge in [0.1, 0.15) is 11.3 Å². The van der Waals surface area contributed by atoms with Gasteiger partial charge in [-0.15, -0.1) is 0 Å². The molecule has 0 amide bonds. The average Bonchev–Trinajstić information content (AvgIpc) is 2.79. The van der Waals surface area contributed by atoms with Crippen LogP contribution in [0.4, 0.5) is 0 Å². The summed E-state index contributed by atoms with van der Waals surface area (Å²) in [7, 11) is 2.03. The van der Waals surface area contributed by atoms with E-state index < -0.39 is 5.60 Å². The monoisotopic (exact) mass is 500 g/mol. The fourth-order valence-corrected chi connectivity index (χ4v) is 2.94. The van der Waals surface area contributed by atoms with Gasteiger partial charge in [0.2, 0.25) is 0 Å². The Balaban J connectivity index is -0.00000242. The highest BCUT2D eigenvalue weighted by molar-refractivity contribution is 5.83. The summed E-state index contributed by atoms with van der Waals surface area (Å²) in [5.74, 6) is 0.0319. The molecule has 7 nitrogen and oxygen atoms in total. The van der Waals surface area contributed by atoms with Crippen molar-refractivity contribution in [3.8, 4) is 0 Å². The van der Waals surface area contributed by atoms with Crippen molar-refractivity contribution in [1.29, 1.82) is 5.53 Å². The molecule has 0 rings (SSSR count). The summed E-state index contributed by atoms with van der Waals surface area (Å²) in [5, 5.41) is 7.09. The van der Waals surface area contributed by atoms with Gasteiger partial charge >= 0.3 is 0 Å². The molecule has 0 aliphatic rings. The summed E-state index contributed by atoms with van der Waals surface area (Å²) in [4.78, 5) is 13.7. The van der Waals surface area contributed by atoms with Crippen molar-refractivity contribution in [2.24, 2.45) is 10.5 Å². The second-order valence-electron chi connectivity index (χ2n) is 10.5. The molecule has 0 aromatic carbocycles. The van der Waals surface area contributed by atoms with E-state index in [1.165, 1.54) is 0 Å². The van der Waals surface area contributed by atoms with Crippen LogP contribution in [0.3, 0.4) is 0 Å². The molecule has 35 heavy (non-hydrogen) atoms. The molecule has 0 aromatic rings. The zero-order valence-electron chi connectivity index (χ0n) is 25.7. The maximum atomic E-state index is 11.5. The summed E-state index contributed by atoms with van der Waals surface area (Å²) < 4.78 is 11.5. The second kappa shape index (κ2) is 19.8. The van der Waals surface area contributed by atoms with Crippen molar-refractivity contribution < 1.29 is 14.3 Å². The van der Waals surface area contributed by atoms with Crippen LogP contribution in [0.5, 0.6) is 0 Å². The number of nitrogens with zero attached hydrogens (tertiary/aromatic N) is 2. The van der Waals surface area contributed by atoms with Crippen molar-refractivity contribution in [1.82, 2.24) is 10.2 Å². The van der Waals surface area contributed by atoms with Crippen LogP contribution in [-0.2, 0) is 14.3 Å². The Kier molecular flexibility index (Phi) is 21.7. The highest BCUT2D eigenvalue weighted by Crippen LogP contribution is 2.27. The fourth-order valence-electron chi connectivity index (χ4n) is 2.94. The zero-order chi connectivity index (χ0) is 28.3. The summed E-state index contributed by atoms with van der Waals surface area (Å²) >= 11 is 0. The van der Waals surface area contributed by atoms with Gasteiger partial charge in [0.25, 0.3) is 0 Å². The molecule has 0 saturated carbocycles. The number of hydrogen-bond acceptors (Lipinski definition) is 7. The van der Waals surface area contributed by atoms with Crippen LogP contribution >= 0.6 is 0 Å². The Morgan fingerprint density at radius 3 is 2.09 bits per heavy atom. The van der Waals surface area contributed by atoms with Crippen LogP contribution in [0.1, 0.15) is 109 Å². The molecular formula is C28H60N4O3. The topological polar surface area (TPSA) is 87.0 Å². The molecule has 0 heterocycles. The van der Waals surface area contributed by atoms with Crippen LogP contribution in [0, 0.1) is 10.9 Å². The Morgan fingerprint density at radius 1 is 1.09 bits per heavy atom. The molecule has 0 fully saturated rings. The number of Topliss-reactive ketones (excluding diaryl/α,β-unsaturated/α-hetero) is 1. The lowest BCUT2D eigenvalue weighted by molar-refractivity contribution is -0.138. The molecule has 7 heteroatoms. The van der Waals surface area contributed by atoms with Gasteiger partial charge in [-0.3, -0.25) is 4.79 Å². The van der Waals surface area contributed by atoms with Gasteiger partial charge in [0.15, 0.2) is 5.78 Å². The third-order valence-electron chi connectivity index (χ3n) is 6.13. The van der Waals surface area contributed by atoms with Gasteiger partial charge in [-0.25, -0.2) is 5.53 Å². The van der Waals surface area contributed by atoms with Crippen molar-refractivity contribution in [2.45, 2.75) is 126 Å². The molecular weight excluding hydrogens is 440 g/mol. The van der Waals surface area contributed by atoms with E-state index in [4.69, 9.17) is 15.0 Å². The number of hydrogen-bond donors (Lipinski definition) is 2. The number of carbonyl (C=O) groups excluding carboxylic acids is 1. The number of nitrogens with one attached hydrogen (secondary N) is 2. The third-order valence-corrected chi connectivity index (χ3v) is 6.13. The molecule has 0 saturated heterocycles. The summed E-state index contributed by atoms with van der Waals surface area (Å²) in [5.41, 5.74) is 7.48. The standard InChI is InChI=1S/C24H48N4O3.2C2H6/c1-11-22(4,5)16-19(2)28(10)17-21(27-25)18-30-15-13-26-23(6,7)12-14-31-24(8,9)20(3)29;2*1-2/h17,19,25-26H,11-16,18H2,1-10H3;2*1-2H3/b21-17-,27-25?;;. The van der Waals surface area contributed by atoms with Gasteiger partial charge in [0.05, 0.1) is 13.2 Å². The summed E-state index contributed by atoms with van der Waals surface area (Å²) in [6.45, 7) is 28.4. The maximum Gasteiger partial charge on any atom is 0.160 e. The minimum atomic E-state index is -0.737. The first-order chi connectivity index (χ1) is 16.2. The molecule has 0 spiro atoms. The SMILES string of the molecule is CC.CC.CCC(C)(C)CC(C)N(C)/C=C(/COCCNC(C)(C)CCOC(C)(C)C(C)=O)N=N. The number of carbonyl (C=O) groups is 1. The van der Waals surface area contributed by atoms with Crippen LogP contribution in [0.25, 0.3) is 0 Å². The average molecular weight is 501 g/mol. The van der Waals surface area contributed by atoms with Gasteiger partial charge in [0, 0.05) is 38.0 Å². The molecule has 2 N–H and O–H groups in total. The van der Waals surface area contributed by atoms with E-state index in [1.54, 1.807) is 20.8 Å². The van der Waals surface area contributed by atoms with Crippen LogP contribution < -0.4 is 5.32 Å². The smallest absolute Gasteiger partial charge is 0.160 e.